The first kappa shape index (κ1) is 17.9. The van der Waals surface area contributed by atoms with Crippen molar-refractivity contribution >= 4 is 45.8 Å². The number of nitrogens with zero attached hydrogens (tertiary/aromatic N) is 3. The number of rotatable bonds is 3. The average Bonchev–Trinajstić information content (AvgIpc) is 3.30. The monoisotopic (exact) mass is 408 g/mol. The predicted molar refractivity (Wildman–Crippen MR) is 109 cm³/mol. The van der Waals surface area contributed by atoms with Crippen molar-refractivity contribution in [2.24, 2.45) is 0 Å². The number of pyridine rings is 2. The van der Waals surface area contributed by atoms with Gasteiger partial charge in [0.15, 0.2) is 0 Å². The van der Waals surface area contributed by atoms with Crippen LogP contribution in [0.25, 0.3) is 28.2 Å². The van der Waals surface area contributed by atoms with E-state index in [0.29, 0.717) is 29.5 Å². The highest BCUT2D eigenvalue weighted by atomic mass is 32.2. The van der Waals surface area contributed by atoms with Crippen LogP contribution >= 0.6 is 11.8 Å². The fourth-order valence-corrected chi connectivity index (χ4v) is 4.00. The van der Waals surface area contributed by atoms with Gasteiger partial charge in [-0.15, -0.1) is 0 Å². The molecule has 3 aromatic rings. The van der Waals surface area contributed by atoms with Crippen LogP contribution in [0.4, 0.5) is 10.6 Å². The first-order chi connectivity index (χ1) is 14.2. The van der Waals surface area contributed by atoms with Crippen LogP contribution in [-0.2, 0) is 9.53 Å². The Morgan fingerprint density at radius 1 is 1.14 bits per heavy atom. The summed E-state index contributed by atoms with van der Waals surface area (Å²) < 4.78 is 11.4. The molecular formula is C20H16N4O4S. The summed E-state index contributed by atoms with van der Waals surface area (Å²) in [6.45, 7) is 3.07. The minimum Gasteiger partial charge on any atom is -0.456 e. The summed E-state index contributed by atoms with van der Waals surface area (Å²) in [6.07, 6.45) is 6.80. The summed E-state index contributed by atoms with van der Waals surface area (Å²) in [7, 11) is 0. The Morgan fingerprint density at radius 2 is 2.00 bits per heavy atom. The molecule has 2 amide bonds. The number of carbonyl (C=O) groups excluding carboxylic acids is 2. The molecule has 1 N–H and O–H groups in total. The van der Waals surface area contributed by atoms with Crippen molar-refractivity contribution in [2.75, 3.05) is 31.2 Å². The SMILES string of the molecule is O=C1NC(=O)/C(=C/c2cc3cncc(-c4ccc(N5CCOCC5)nc4)c3o2)S1. The molecule has 0 radical (unpaired) electrons. The molecule has 146 valence electrons. The van der Waals surface area contributed by atoms with E-state index in [1.165, 1.54) is 0 Å². The Bertz CT molecular complexity index is 1130. The number of hydrogen-bond acceptors (Lipinski definition) is 8. The van der Waals surface area contributed by atoms with Crippen molar-refractivity contribution < 1.29 is 18.7 Å². The van der Waals surface area contributed by atoms with Crippen LogP contribution in [0.2, 0.25) is 0 Å². The molecule has 3 aromatic heterocycles. The maximum atomic E-state index is 11.8. The predicted octanol–water partition coefficient (Wildman–Crippen LogP) is 3.05. The standard InChI is InChI=1S/C20H16N4O4S/c25-19-16(29-20(26)23-19)8-14-7-13-9-21-11-15(18(13)28-14)12-1-2-17(22-10-12)24-3-5-27-6-4-24/h1-2,7-11H,3-6H2,(H,23,25,26)/b16-8-. The third kappa shape index (κ3) is 3.50. The van der Waals surface area contributed by atoms with Crippen molar-refractivity contribution in [1.82, 2.24) is 15.3 Å². The number of thioether (sulfide) groups is 1. The zero-order valence-corrected chi connectivity index (χ0v) is 16.1. The van der Waals surface area contributed by atoms with Crippen molar-refractivity contribution in [3.63, 3.8) is 0 Å². The maximum absolute atomic E-state index is 11.8. The van der Waals surface area contributed by atoms with Crippen LogP contribution in [0.15, 0.2) is 46.1 Å². The number of fused-ring (bicyclic) bond motifs is 1. The molecule has 2 saturated heterocycles. The molecule has 0 bridgehead atoms. The molecule has 0 atom stereocenters. The van der Waals surface area contributed by atoms with Crippen LogP contribution in [-0.4, -0.2) is 47.4 Å². The van der Waals surface area contributed by atoms with Gasteiger partial charge in [0.05, 0.1) is 18.1 Å². The smallest absolute Gasteiger partial charge is 0.290 e. The van der Waals surface area contributed by atoms with Gasteiger partial charge >= 0.3 is 0 Å². The van der Waals surface area contributed by atoms with E-state index in [-0.39, 0.29) is 5.24 Å². The molecule has 0 aromatic carbocycles. The summed E-state index contributed by atoms with van der Waals surface area (Å²) >= 11 is 0.856. The minimum atomic E-state index is -0.415. The highest BCUT2D eigenvalue weighted by Gasteiger charge is 2.25. The lowest BCUT2D eigenvalue weighted by Gasteiger charge is -2.27. The van der Waals surface area contributed by atoms with E-state index >= 15 is 0 Å². The molecule has 0 saturated carbocycles. The van der Waals surface area contributed by atoms with Crippen LogP contribution < -0.4 is 10.2 Å². The molecule has 29 heavy (non-hydrogen) atoms. The van der Waals surface area contributed by atoms with Gasteiger partial charge in [-0.1, -0.05) is 0 Å². The Morgan fingerprint density at radius 3 is 2.72 bits per heavy atom. The number of anilines is 1. The van der Waals surface area contributed by atoms with Crippen LogP contribution in [0.3, 0.4) is 0 Å². The summed E-state index contributed by atoms with van der Waals surface area (Å²) in [5.74, 6) is 0.984. The van der Waals surface area contributed by atoms with E-state index in [0.717, 1.165) is 47.2 Å². The second-order valence-electron chi connectivity index (χ2n) is 6.61. The van der Waals surface area contributed by atoms with Gasteiger partial charge in [-0.2, -0.15) is 0 Å². The van der Waals surface area contributed by atoms with Crippen molar-refractivity contribution in [3.05, 3.63) is 47.5 Å². The van der Waals surface area contributed by atoms with Gasteiger partial charge in [-0.05, 0) is 30.0 Å². The number of nitrogens with one attached hydrogen (secondary N) is 1. The first-order valence-corrected chi connectivity index (χ1v) is 9.90. The molecule has 2 aliphatic heterocycles. The van der Waals surface area contributed by atoms with Crippen LogP contribution in [0, 0.1) is 0 Å². The molecular weight excluding hydrogens is 392 g/mol. The molecule has 0 spiro atoms. The Hall–Kier alpha value is -3.17. The van der Waals surface area contributed by atoms with Crippen molar-refractivity contribution in [2.45, 2.75) is 0 Å². The van der Waals surface area contributed by atoms with Gasteiger partial charge in [0, 0.05) is 54.3 Å². The fraction of sp³-hybridized carbons (Fsp3) is 0.200. The van der Waals surface area contributed by atoms with E-state index in [9.17, 15) is 9.59 Å². The van der Waals surface area contributed by atoms with E-state index in [1.54, 1.807) is 30.7 Å². The van der Waals surface area contributed by atoms with E-state index < -0.39 is 5.91 Å². The van der Waals surface area contributed by atoms with E-state index in [1.807, 2.05) is 12.1 Å². The number of morpholine rings is 1. The molecule has 5 rings (SSSR count). The number of hydrogen-bond donors (Lipinski definition) is 1. The third-order valence-corrected chi connectivity index (χ3v) is 5.56. The minimum absolute atomic E-state index is 0.306. The summed E-state index contributed by atoms with van der Waals surface area (Å²) in [5.41, 5.74) is 2.35. The second kappa shape index (κ2) is 7.34. The highest BCUT2D eigenvalue weighted by molar-refractivity contribution is 8.18. The largest absolute Gasteiger partial charge is 0.456 e. The third-order valence-electron chi connectivity index (χ3n) is 4.75. The van der Waals surface area contributed by atoms with Gasteiger partial charge < -0.3 is 14.1 Å². The number of amides is 2. The van der Waals surface area contributed by atoms with Gasteiger partial charge in [-0.25, -0.2) is 4.98 Å². The van der Waals surface area contributed by atoms with E-state index in [2.05, 4.69) is 20.2 Å². The number of aromatic nitrogens is 2. The van der Waals surface area contributed by atoms with Gasteiger partial charge in [0.25, 0.3) is 11.1 Å². The fourth-order valence-electron chi connectivity index (χ4n) is 3.33. The number of furan rings is 1. The quantitative estimate of drug-likeness (QED) is 0.661. The van der Waals surface area contributed by atoms with Gasteiger partial charge in [-0.3, -0.25) is 19.9 Å². The summed E-state index contributed by atoms with van der Waals surface area (Å²) in [4.78, 5) is 34.5. The van der Waals surface area contributed by atoms with Gasteiger partial charge in [0.1, 0.15) is 17.2 Å². The van der Waals surface area contributed by atoms with E-state index in [4.69, 9.17) is 9.15 Å². The lowest BCUT2D eigenvalue weighted by Crippen LogP contribution is -2.36. The Kier molecular flexibility index (Phi) is 4.53. The zero-order chi connectivity index (χ0) is 19.8. The van der Waals surface area contributed by atoms with Crippen LogP contribution in [0.1, 0.15) is 5.76 Å². The molecule has 0 unspecified atom stereocenters. The lowest BCUT2D eigenvalue weighted by molar-refractivity contribution is -0.115. The topological polar surface area (TPSA) is 97.6 Å². The molecule has 2 aliphatic rings. The number of carbonyl (C=O) groups is 2. The number of ether oxygens (including phenoxy) is 1. The second-order valence-corrected chi connectivity index (χ2v) is 7.63. The summed E-state index contributed by atoms with van der Waals surface area (Å²) in [6, 6.07) is 5.77. The van der Waals surface area contributed by atoms with Gasteiger partial charge in [0.2, 0.25) is 0 Å². The highest BCUT2D eigenvalue weighted by Crippen LogP contribution is 2.33. The Balaban J connectivity index is 1.47. The molecule has 2 fully saturated rings. The normalized spacial score (nSPS) is 18.6. The molecule has 0 aliphatic carbocycles. The van der Waals surface area contributed by atoms with Crippen molar-refractivity contribution in [3.8, 4) is 11.1 Å². The first-order valence-electron chi connectivity index (χ1n) is 9.09. The Labute approximate surface area is 169 Å². The number of imide groups is 1. The molecule has 9 heteroatoms. The summed E-state index contributed by atoms with van der Waals surface area (Å²) in [5, 5.41) is 2.66. The average molecular weight is 408 g/mol. The molecule has 5 heterocycles. The maximum Gasteiger partial charge on any atom is 0.290 e. The lowest BCUT2D eigenvalue weighted by atomic mass is 10.1. The van der Waals surface area contributed by atoms with Crippen LogP contribution in [0.5, 0.6) is 0 Å². The molecule has 8 nitrogen and oxygen atoms in total. The zero-order valence-electron chi connectivity index (χ0n) is 15.3. The van der Waals surface area contributed by atoms with Crippen molar-refractivity contribution in [1.29, 1.82) is 0 Å².